The molecular formula is C28H51N5. The predicted molar refractivity (Wildman–Crippen MR) is 136 cm³/mol. The minimum atomic E-state index is 0.963. The van der Waals surface area contributed by atoms with Crippen LogP contribution in [0, 0.1) is 53.3 Å². The minimum Gasteiger partial charge on any atom is -0.316 e. The number of piperidine rings is 3. The van der Waals surface area contributed by atoms with Crippen molar-refractivity contribution in [2.24, 2.45) is 53.3 Å². The first-order valence-corrected chi connectivity index (χ1v) is 14.9. The fourth-order valence-electron chi connectivity index (χ4n) is 7.28. The van der Waals surface area contributed by atoms with E-state index in [4.69, 9.17) is 0 Å². The van der Waals surface area contributed by atoms with Gasteiger partial charge in [0, 0.05) is 6.04 Å². The molecule has 5 saturated carbocycles. The number of fused-ring (bicyclic) bond motifs is 5. The quantitative estimate of drug-likeness (QED) is 0.387. The zero-order chi connectivity index (χ0) is 22.0. The van der Waals surface area contributed by atoms with Gasteiger partial charge in [0.1, 0.15) is 0 Å². The molecule has 188 valence electrons. The summed E-state index contributed by atoms with van der Waals surface area (Å²) in [7, 11) is 0. The summed E-state index contributed by atoms with van der Waals surface area (Å²) in [5.74, 6) is 9.87. The number of hydrogen-bond acceptors (Lipinski definition) is 5. The van der Waals surface area contributed by atoms with E-state index < -0.39 is 0 Å². The molecule has 10 rings (SSSR count). The molecule has 5 N–H and O–H groups in total. The summed E-state index contributed by atoms with van der Waals surface area (Å²) < 4.78 is 0. The highest BCUT2D eigenvalue weighted by Crippen LogP contribution is 2.42. The Balaban J connectivity index is 0.0000000783. The molecule has 10 unspecified atom stereocenters. The van der Waals surface area contributed by atoms with Crippen LogP contribution in [0.15, 0.2) is 0 Å². The van der Waals surface area contributed by atoms with E-state index in [9.17, 15) is 0 Å². The van der Waals surface area contributed by atoms with Crippen LogP contribution in [0.3, 0.4) is 0 Å². The molecule has 5 heterocycles. The molecule has 0 aromatic rings. The Morgan fingerprint density at radius 1 is 0.333 bits per heavy atom. The van der Waals surface area contributed by atoms with E-state index in [0.717, 1.165) is 59.3 Å². The number of nitrogens with one attached hydrogen (secondary N) is 5. The second kappa shape index (κ2) is 10.8. The molecule has 0 radical (unpaired) electrons. The van der Waals surface area contributed by atoms with E-state index in [-0.39, 0.29) is 0 Å². The molecule has 10 aliphatic rings. The van der Waals surface area contributed by atoms with Gasteiger partial charge >= 0.3 is 0 Å². The van der Waals surface area contributed by atoms with E-state index >= 15 is 0 Å². The first-order valence-electron chi connectivity index (χ1n) is 14.9. The topological polar surface area (TPSA) is 60.1 Å². The Bertz CT molecular complexity index is 539. The molecule has 0 amide bonds. The molecular weight excluding hydrogens is 406 g/mol. The second-order valence-corrected chi connectivity index (χ2v) is 13.0. The van der Waals surface area contributed by atoms with Gasteiger partial charge in [0.2, 0.25) is 0 Å². The monoisotopic (exact) mass is 457 g/mol. The lowest BCUT2D eigenvalue weighted by Crippen LogP contribution is -2.23. The number of hydrogen-bond donors (Lipinski definition) is 5. The van der Waals surface area contributed by atoms with Gasteiger partial charge in [-0.1, -0.05) is 0 Å². The van der Waals surface area contributed by atoms with E-state index in [1.165, 1.54) is 117 Å². The molecule has 5 aliphatic carbocycles. The maximum atomic E-state index is 3.39. The SMILES string of the molecule is C1CC2CC2CN1.C1CC2CC2N1.C1CC2CNCC12.C1CC2CNCC12.C1NCC2CC12. The van der Waals surface area contributed by atoms with Crippen LogP contribution in [0.5, 0.6) is 0 Å². The Hall–Kier alpha value is -0.200. The average molecular weight is 458 g/mol. The summed E-state index contributed by atoms with van der Waals surface area (Å²) in [5.41, 5.74) is 0. The molecule has 5 saturated heterocycles. The summed E-state index contributed by atoms with van der Waals surface area (Å²) in [5, 5.41) is 16.9. The second-order valence-electron chi connectivity index (χ2n) is 13.0. The van der Waals surface area contributed by atoms with Crippen LogP contribution in [0.2, 0.25) is 0 Å². The Morgan fingerprint density at radius 3 is 1.03 bits per heavy atom. The molecule has 10 fully saturated rings. The van der Waals surface area contributed by atoms with Crippen molar-refractivity contribution in [3.63, 3.8) is 0 Å². The van der Waals surface area contributed by atoms with Gasteiger partial charge in [-0.05, 0) is 170 Å². The fourth-order valence-corrected chi connectivity index (χ4v) is 7.28. The molecule has 5 nitrogen and oxygen atoms in total. The Labute approximate surface area is 202 Å². The van der Waals surface area contributed by atoms with Gasteiger partial charge in [-0.2, -0.15) is 0 Å². The molecule has 0 spiro atoms. The molecule has 5 aliphatic heterocycles. The summed E-state index contributed by atoms with van der Waals surface area (Å²) in [6.07, 6.45) is 13.4. The van der Waals surface area contributed by atoms with Crippen LogP contribution in [0.1, 0.15) is 57.8 Å². The normalized spacial score (nSPS) is 49.5. The Kier molecular flexibility index (Phi) is 7.61. The van der Waals surface area contributed by atoms with Crippen LogP contribution < -0.4 is 26.6 Å². The summed E-state index contributed by atoms with van der Waals surface area (Å²) in [6, 6.07) is 0.963. The highest BCUT2D eigenvalue weighted by Gasteiger charge is 2.41. The van der Waals surface area contributed by atoms with Crippen molar-refractivity contribution in [2.45, 2.75) is 63.8 Å². The Morgan fingerprint density at radius 2 is 0.788 bits per heavy atom. The minimum absolute atomic E-state index is 0.963. The van der Waals surface area contributed by atoms with Crippen molar-refractivity contribution in [3.8, 4) is 0 Å². The van der Waals surface area contributed by atoms with Gasteiger partial charge in [0.25, 0.3) is 0 Å². The van der Waals surface area contributed by atoms with E-state index in [1.807, 2.05) is 0 Å². The lowest BCUT2D eigenvalue weighted by atomic mass is 9.77. The molecule has 33 heavy (non-hydrogen) atoms. The molecule has 5 heteroatoms. The van der Waals surface area contributed by atoms with Crippen LogP contribution >= 0.6 is 0 Å². The van der Waals surface area contributed by atoms with Gasteiger partial charge in [-0.25, -0.2) is 0 Å². The highest BCUT2D eigenvalue weighted by atomic mass is 15.0. The summed E-state index contributed by atoms with van der Waals surface area (Å²) in [6.45, 7) is 11.7. The molecule has 0 aromatic heterocycles. The smallest absolute Gasteiger partial charge is 0.00996 e. The van der Waals surface area contributed by atoms with Crippen molar-refractivity contribution in [2.75, 3.05) is 58.9 Å². The zero-order valence-electron chi connectivity index (χ0n) is 21.0. The van der Waals surface area contributed by atoms with E-state index in [2.05, 4.69) is 26.6 Å². The van der Waals surface area contributed by atoms with Gasteiger partial charge in [0.15, 0.2) is 0 Å². The summed E-state index contributed by atoms with van der Waals surface area (Å²) in [4.78, 5) is 0. The van der Waals surface area contributed by atoms with Crippen molar-refractivity contribution < 1.29 is 0 Å². The van der Waals surface area contributed by atoms with E-state index in [1.54, 1.807) is 0 Å². The highest BCUT2D eigenvalue weighted by molar-refractivity contribution is 4.98. The third kappa shape index (κ3) is 6.33. The molecule has 10 atom stereocenters. The third-order valence-corrected chi connectivity index (χ3v) is 10.7. The predicted octanol–water partition coefficient (Wildman–Crippen LogP) is 2.44. The number of rotatable bonds is 0. The van der Waals surface area contributed by atoms with Crippen LogP contribution in [0.25, 0.3) is 0 Å². The van der Waals surface area contributed by atoms with Gasteiger partial charge in [0.05, 0.1) is 0 Å². The van der Waals surface area contributed by atoms with Crippen LogP contribution in [-0.4, -0.2) is 64.9 Å². The fraction of sp³-hybridized carbons (Fsp3) is 1.00. The summed E-state index contributed by atoms with van der Waals surface area (Å²) >= 11 is 0. The maximum absolute atomic E-state index is 3.39. The van der Waals surface area contributed by atoms with Crippen molar-refractivity contribution in [1.29, 1.82) is 0 Å². The van der Waals surface area contributed by atoms with Gasteiger partial charge in [-0.15, -0.1) is 0 Å². The van der Waals surface area contributed by atoms with Crippen LogP contribution in [-0.2, 0) is 0 Å². The molecule has 0 bridgehead atoms. The maximum Gasteiger partial charge on any atom is 0.00996 e. The first-order chi connectivity index (χ1) is 16.3. The average Bonchev–Trinajstić information content (AvgIpc) is 3.76. The molecule has 0 aromatic carbocycles. The lowest BCUT2D eigenvalue weighted by molar-refractivity contribution is 0.243. The van der Waals surface area contributed by atoms with Crippen molar-refractivity contribution in [1.82, 2.24) is 26.6 Å². The van der Waals surface area contributed by atoms with Crippen LogP contribution in [0.4, 0.5) is 0 Å². The first kappa shape index (κ1) is 23.2. The van der Waals surface area contributed by atoms with Gasteiger partial charge < -0.3 is 26.6 Å². The zero-order valence-corrected chi connectivity index (χ0v) is 21.0. The van der Waals surface area contributed by atoms with Crippen molar-refractivity contribution in [3.05, 3.63) is 0 Å². The largest absolute Gasteiger partial charge is 0.316 e. The standard InChI is InChI=1S/3C6H11N.2C5H9N/c1-2-7-4-6-3-5(1)6;2*1-2-6-4-7-3-5(1)6;1-4-2-6-3-5(1)4;1-2-6-5-3-4(1)5/h3*5-7H,1-4H2;2*4-6H,1-3H2. The third-order valence-electron chi connectivity index (χ3n) is 10.7. The van der Waals surface area contributed by atoms with Gasteiger partial charge in [-0.3, -0.25) is 0 Å². The lowest BCUT2D eigenvalue weighted by Gasteiger charge is -2.28. The van der Waals surface area contributed by atoms with Crippen molar-refractivity contribution >= 4 is 0 Å². The van der Waals surface area contributed by atoms with E-state index in [0.29, 0.717) is 0 Å².